The Morgan fingerprint density at radius 2 is 0.638 bits per heavy atom. The number of hydrogen-bond donors (Lipinski definition) is 0. The van der Waals surface area contributed by atoms with Crippen LogP contribution in [0, 0.1) is 35.5 Å². The molecule has 6 saturated heterocycles. The second kappa shape index (κ2) is 13.8. The number of carbonyl (C=O) groups excluding carboxylic acids is 7. The summed E-state index contributed by atoms with van der Waals surface area (Å²) in [5.74, 6) is -1.98. The number of ether oxygens (including phenoxy) is 1. The van der Waals surface area contributed by atoms with E-state index in [1.165, 1.54) is 14.0 Å². The van der Waals surface area contributed by atoms with Gasteiger partial charge >= 0.3 is 5.97 Å². The minimum absolute atomic E-state index is 0.00487. The van der Waals surface area contributed by atoms with Crippen molar-refractivity contribution < 1.29 is 38.3 Å². The minimum atomic E-state index is -0.300. The van der Waals surface area contributed by atoms with Crippen LogP contribution in [0.25, 0.3) is 0 Å². The van der Waals surface area contributed by atoms with Crippen molar-refractivity contribution in [2.24, 2.45) is 35.5 Å². The summed E-state index contributed by atoms with van der Waals surface area (Å²) in [6.07, 6.45) is 3.62. The van der Waals surface area contributed by atoms with Crippen molar-refractivity contribution in [2.75, 3.05) is 85.6 Å². The molecule has 0 aromatic rings. The van der Waals surface area contributed by atoms with Gasteiger partial charge in [0.15, 0.2) is 0 Å². The van der Waals surface area contributed by atoms with Gasteiger partial charge in [0.05, 0.1) is 42.6 Å². The predicted molar refractivity (Wildman–Crippen MR) is 166 cm³/mol. The Morgan fingerprint density at radius 1 is 0.404 bits per heavy atom. The van der Waals surface area contributed by atoms with Crippen molar-refractivity contribution >= 4 is 41.4 Å². The Balaban J connectivity index is 0.931. The van der Waals surface area contributed by atoms with Gasteiger partial charge in [-0.15, -0.1) is 0 Å². The van der Waals surface area contributed by atoms with Crippen molar-refractivity contribution in [3.63, 3.8) is 0 Å². The molecule has 6 aliphatic rings. The molecule has 0 aromatic carbocycles. The van der Waals surface area contributed by atoms with Gasteiger partial charge in [0.2, 0.25) is 35.4 Å². The predicted octanol–water partition coefficient (Wildman–Crippen LogP) is -0.730. The molecule has 0 aliphatic carbocycles. The van der Waals surface area contributed by atoms with Gasteiger partial charge in [-0.2, -0.15) is 0 Å². The standard InChI is InChI=1S/C33H48N6O8/c1-21(40)34-9-3-22(15-34)28(41)35-10-4-23(16-35)29(42)36-11-5-24(17-36)30(43)37-12-6-25(18-37)31(44)38-13-7-26(19-38)32(45)39-14-8-27(20-39)33(46)47-2/h22-27H,3-20H2,1-2H3/t22-,23-,24-,25-,26-,27-/m0/s1. The number of amides is 6. The Kier molecular flexibility index (Phi) is 9.75. The lowest BCUT2D eigenvalue weighted by Gasteiger charge is -2.24. The molecule has 6 rings (SSSR count). The minimum Gasteiger partial charge on any atom is -0.469 e. The Morgan fingerprint density at radius 3 is 0.894 bits per heavy atom. The summed E-state index contributed by atoms with van der Waals surface area (Å²) in [5.41, 5.74) is 0. The van der Waals surface area contributed by atoms with Crippen molar-refractivity contribution in [3.05, 3.63) is 0 Å². The number of rotatable bonds is 6. The largest absolute Gasteiger partial charge is 0.469 e. The van der Waals surface area contributed by atoms with Crippen LogP contribution >= 0.6 is 0 Å². The van der Waals surface area contributed by atoms with Gasteiger partial charge in [-0.1, -0.05) is 0 Å². The number of hydrogen-bond acceptors (Lipinski definition) is 8. The van der Waals surface area contributed by atoms with Crippen LogP contribution in [-0.4, -0.2) is 156 Å². The summed E-state index contributed by atoms with van der Waals surface area (Å²) in [6, 6.07) is 0. The molecule has 0 N–H and O–H groups in total. The number of esters is 1. The topological polar surface area (TPSA) is 148 Å². The molecule has 6 heterocycles. The first-order valence-corrected chi connectivity index (χ1v) is 17.3. The molecule has 14 nitrogen and oxygen atoms in total. The zero-order valence-corrected chi connectivity index (χ0v) is 27.6. The van der Waals surface area contributed by atoms with E-state index in [-0.39, 0.29) is 76.9 Å². The SMILES string of the molecule is COC(=O)[C@H]1CCN(C(=O)[C@H]2CCN(C(=O)[C@H]3CCN(C(=O)[C@H]4CCN(C(=O)[C@H]5CCN(C(=O)[C@H]6CCN(C(C)=O)C6)C5)C4)C3)C2)C1. The maximum Gasteiger partial charge on any atom is 0.310 e. The second-order valence-electron chi connectivity index (χ2n) is 14.3. The van der Waals surface area contributed by atoms with Gasteiger partial charge < -0.3 is 34.1 Å². The van der Waals surface area contributed by atoms with Crippen LogP contribution in [0.3, 0.4) is 0 Å². The van der Waals surface area contributed by atoms with Gasteiger partial charge in [0.25, 0.3) is 0 Å². The fraction of sp³-hybridized carbons (Fsp3) is 0.788. The fourth-order valence-corrected chi connectivity index (χ4v) is 8.51. The van der Waals surface area contributed by atoms with Crippen LogP contribution in [0.4, 0.5) is 0 Å². The average Bonchev–Trinajstić information content (AvgIpc) is 3.91. The third-order valence-electron chi connectivity index (χ3n) is 11.4. The lowest BCUT2D eigenvalue weighted by molar-refractivity contribution is -0.145. The Labute approximate surface area is 275 Å². The highest BCUT2D eigenvalue weighted by molar-refractivity contribution is 5.87. The van der Waals surface area contributed by atoms with Crippen LogP contribution in [0.15, 0.2) is 0 Å². The van der Waals surface area contributed by atoms with Gasteiger partial charge in [-0.3, -0.25) is 33.6 Å². The molecule has 6 atom stereocenters. The molecule has 47 heavy (non-hydrogen) atoms. The summed E-state index contributed by atoms with van der Waals surface area (Å²) < 4.78 is 4.83. The van der Waals surface area contributed by atoms with Crippen LogP contribution < -0.4 is 0 Å². The van der Waals surface area contributed by atoms with E-state index in [0.717, 1.165) is 0 Å². The van der Waals surface area contributed by atoms with E-state index < -0.39 is 0 Å². The molecule has 0 bridgehead atoms. The first kappa shape index (κ1) is 33.2. The van der Waals surface area contributed by atoms with E-state index in [2.05, 4.69) is 0 Å². The molecule has 0 spiro atoms. The normalized spacial score (nSPS) is 30.9. The summed E-state index contributed by atoms with van der Waals surface area (Å²) in [4.78, 5) is 100. The molecule has 0 unspecified atom stereocenters. The Bertz CT molecular complexity index is 1310. The van der Waals surface area contributed by atoms with E-state index in [9.17, 15) is 33.6 Å². The highest BCUT2D eigenvalue weighted by Gasteiger charge is 2.44. The molecular weight excluding hydrogens is 608 g/mol. The lowest BCUT2D eigenvalue weighted by Crippen LogP contribution is -2.41. The first-order valence-electron chi connectivity index (χ1n) is 17.3. The van der Waals surface area contributed by atoms with Crippen LogP contribution in [-0.2, 0) is 38.3 Å². The van der Waals surface area contributed by atoms with E-state index in [0.29, 0.717) is 117 Å². The van der Waals surface area contributed by atoms with E-state index >= 15 is 0 Å². The molecule has 14 heteroatoms. The van der Waals surface area contributed by atoms with Gasteiger partial charge in [0.1, 0.15) is 0 Å². The smallest absolute Gasteiger partial charge is 0.310 e. The molecular formula is C33H48N6O8. The summed E-state index contributed by atoms with van der Waals surface area (Å²) in [5, 5.41) is 0. The number of nitrogens with zero attached hydrogens (tertiary/aromatic N) is 6. The number of likely N-dealkylation sites (tertiary alicyclic amines) is 6. The molecule has 0 saturated carbocycles. The highest BCUT2D eigenvalue weighted by Crippen LogP contribution is 2.30. The summed E-state index contributed by atoms with van der Waals surface area (Å²) >= 11 is 0. The van der Waals surface area contributed by atoms with Crippen LogP contribution in [0.2, 0.25) is 0 Å². The number of carbonyl (C=O) groups is 7. The Hall–Kier alpha value is -3.71. The zero-order chi connectivity index (χ0) is 33.4. The quantitative estimate of drug-likeness (QED) is 0.340. The first-order chi connectivity index (χ1) is 22.5. The second-order valence-corrected chi connectivity index (χ2v) is 14.3. The van der Waals surface area contributed by atoms with Gasteiger partial charge in [-0.25, -0.2) is 0 Å². The van der Waals surface area contributed by atoms with Crippen molar-refractivity contribution in [3.8, 4) is 0 Å². The van der Waals surface area contributed by atoms with Crippen molar-refractivity contribution in [2.45, 2.75) is 45.4 Å². The van der Waals surface area contributed by atoms with Crippen molar-refractivity contribution in [1.82, 2.24) is 29.4 Å². The highest BCUT2D eigenvalue weighted by atomic mass is 16.5. The fourth-order valence-electron chi connectivity index (χ4n) is 8.51. The third kappa shape index (κ3) is 6.83. The third-order valence-corrected chi connectivity index (χ3v) is 11.4. The molecule has 0 radical (unpaired) electrons. The van der Waals surface area contributed by atoms with Crippen molar-refractivity contribution in [1.29, 1.82) is 0 Å². The lowest BCUT2D eigenvalue weighted by atomic mass is 10.1. The zero-order valence-electron chi connectivity index (χ0n) is 27.6. The van der Waals surface area contributed by atoms with E-state index in [1.807, 2.05) is 0 Å². The van der Waals surface area contributed by atoms with Gasteiger partial charge in [0, 0.05) is 85.5 Å². The molecule has 6 fully saturated rings. The maximum atomic E-state index is 13.5. The van der Waals surface area contributed by atoms with E-state index in [1.54, 1.807) is 29.4 Å². The molecule has 6 aliphatic heterocycles. The summed E-state index contributed by atoms with van der Waals surface area (Å²) in [7, 11) is 1.36. The van der Waals surface area contributed by atoms with Crippen LogP contribution in [0.5, 0.6) is 0 Å². The van der Waals surface area contributed by atoms with Gasteiger partial charge in [-0.05, 0) is 38.5 Å². The molecule has 258 valence electrons. The average molecular weight is 657 g/mol. The molecule has 6 amide bonds. The molecule has 0 aromatic heterocycles. The maximum absolute atomic E-state index is 13.5. The monoisotopic (exact) mass is 656 g/mol. The van der Waals surface area contributed by atoms with E-state index in [4.69, 9.17) is 4.74 Å². The summed E-state index contributed by atoms with van der Waals surface area (Å²) in [6.45, 7) is 6.95. The number of methoxy groups -OCH3 is 1. The van der Waals surface area contributed by atoms with Crippen LogP contribution in [0.1, 0.15) is 45.4 Å².